The number of H-pyrrole nitrogens is 1. The lowest BCUT2D eigenvalue weighted by atomic mass is 10.0. The Morgan fingerprint density at radius 1 is 0.853 bits per heavy atom. The normalized spacial score (nSPS) is 11.6. The summed E-state index contributed by atoms with van der Waals surface area (Å²) in [6, 6.07) is 15.4. The summed E-state index contributed by atoms with van der Waals surface area (Å²) in [5, 5.41) is 8.34. The SMILES string of the molecule is COC(=O)C(NC(=O)c1ccc(-c2ccc(NC(=O)Nc3ccc(C)c(C)c3)cc2)[nH]1)C(C)C. The molecule has 34 heavy (non-hydrogen) atoms. The molecule has 0 radical (unpaired) electrons. The van der Waals surface area contributed by atoms with E-state index in [2.05, 4.69) is 20.9 Å². The average molecular weight is 463 g/mol. The maximum atomic E-state index is 12.6. The highest BCUT2D eigenvalue weighted by atomic mass is 16.5. The smallest absolute Gasteiger partial charge is 0.328 e. The summed E-state index contributed by atoms with van der Waals surface area (Å²) in [7, 11) is 1.29. The molecule has 0 aliphatic carbocycles. The third kappa shape index (κ3) is 6.04. The number of benzene rings is 2. The number of aromatic nitrogens is 1. The number of ether oxygens (including phenoxy) is 1. The van der Waals surface area contributed by atoms with Gasteiger partial charge >= 0.3 is 12.0 Å². The molecule has 0 saturated heterocycles. The first kappa shape index (κ1) is 24.6. The van der Waals surface area contributed by atoms with E-state index in [1.807, 2.05) is 58.0 Å². The quantitative estimate of drug-likeness (QED) is 0.375. The molecule has 1 unspecified atom stereocenters. The Labute approximate surface area is 199 Å². The van der Waals surface area contributed by atoms with Crippen LogP contribution < -0.4 is 16.0 Å². The van der Waals surface area contributed by atoms with Gasteiger partial charge in [-0.3, -0.25) is 4.79 Å². The van der Waals surface area contributed by atoms with Gasteiger partial charge in [-0.05, 0) is 72.9 Å². The van der Waals surface area contributed by atoms with Gasteiger partial charge in [-0.25, -0.2) is 9.59 Å². The number of esters is 1. The molecule has 0 spiro atoms. The Bertz CT molecular complexity index is 1180. The summed E-state index contributed by atoms with van der Waals surface area (Å²) in [5.74, 6) is -0.991. The van der Waals surface area contributed by atoms with Crippen molar-refractivity contribution in [2.75, 3.05) is 17.7 Å². The molecule has 8 nitrogen and oxygen atoms in total. The Hall–Kier alpha value is -4.07. The number of hydrogen-bond donors (Lipinski definition) is 4. The maximum absolute atomic E-state index is 12.6. The van der Waals surface area contributed by atoms with E-state index in [4.69, 9.17) is 4.74 Å². The Kier molecular flexibility index (Phi) is 7.73. The summed E-state index contributed by atoms with van der Waals surface area (Å²) in [5.41, 5.74) is 5.53. The Morgan fingerprint density at radius 3 is 2.12 bits per heavy atom. The van der Waals surface area contributed by atoms with Gasteiger partial charge in [-0.15, -0.1) is 0 Å². The van der Waals surface area contributed by atoms with Gasteiger partial charge in [-0.2, -0.15) is 0 Å². The van der Waals surface area contributed by atoms with Crippen LogP contribution in [-0.4, -0.2) is 36.0 Å². The summed E-state index contributed by atoms with van der Waals surface area (Å²) < 4.78 is 4.77. The first-order chi connectivity index (χ1) is 16.2. The van der Waals surface area contributed by atoms with E-state index in [-0.39, 0.29) is 11.9 Å². The van der Waals surface area contributed by atoms with E-state index in [0.29, 0.717) is 11.4 Å². The Balaban J connectivity index is 1.62. The lowest BCUT2D eigenvalue weighted by Crippen LogP contribution is -2.45. The lowest BCUT2D eigenvalue weighted by molar-refractivity contribution is -0.144. The van der Waals surface area contributed by atoms with Gasteiger partial charge in [0.15, 0.2) is 0 Å². The minimum Gasteiger partial charge on any atom is -0.467 e. The van der Waals surface area contributed by atoms with E-state index in [1.165, 1.54) is 7.11 Å². The van der Waals surface area contributed by atoms with Crippen LogP contribution in [0.5, 0.6) is 0 Å². The van der Waals surface area contributed by atoms with Crippen molar-refractivity contribution >= 4 is 29.3 Å². The molecule has 0 saturated carbocycles. The molecule has 178 valence electrons. The van der Waals surface area contributed by atoms with Gasteiger partial charge in [0.1, 0.15) is 11.7 Å². The average Bonchev–Trinajstić information content (AvgIpc) is 3.30. The standard InChI is InChI=1S/C26H30N4O4/c1-15(2)23(25(32)34-5)30-24(31)22-13-12-21(29-22)18-7-10-19(11-8-18)27-26(33)28-20-9-6-16(3)17(4)14-20/h6-15,23,29H,1-5H3,(H,30,31)(H2,27,28,33). The second-order valence-electron chi connectivity index (χ2n) is 8.46. The zero-order valence-electron chi connectivity index (χ0n) is 20.0. The molecule has 0 aliphatic heterocycles. The first-order valence-electron chi connectivity index (χ1n) is 11.0. The second-order valence-corrected chi connectivity index (χ2v) is 8.46. The third-order valence-corrected chi connectivity index (χ3v) is 5.56. The van der Waals surface area contributed by atoms with E-state index >= 15 is 0 Å². The van der Waals surface area contributed by atoms with Gasteiger partial charge in [-0.1, -0.05) is 32.0 Å². The number of urea groups is 1. The van der Waals surface area contributed by atoms with Gasteiger partial charge in [0.05, 0.1) is 7.11 Å². The third-order valence-electron chi connectivity index (χ3n) is 5.56. The van der Waals surface area contributed by atoms with E-state index in [9.17, 15) is 14.4 Å². The Morgan fingerprint density at radius 2 is 1.50 bits per heavy atom. The van der Waals surface area contributed by atoms with Crippen LogP contribution in [0.25, 0.3) is 11.3 Å². The molecular formula is C26H30N4O4. The molecule has 1 heterocycles. The summed E-state index contributed by atoms with van der Waals surface area (Å²) in [6.07, 6.45) is 0. The molecule has 0 fully saturated rings. The highest BCUT2D eigenvalue weighted by Gasteiger charge is 2.25. The molecule has 1 atom stereocenters. The predicted octanol–water partition coefficient (Wildman–Crippen LogP) is 4.87. The number of carbonyl (C=O) groups is 3. The van der Waals surface area contributed by atoms with E-state index in [0.717, 1.165) is 28.1 Å². The molecular weight excluding hydrogens is 432 g/mol. The van der Waals surface area contributed by atoms with Crippen molar-refractivity contribution in [3.63, 3.8) is 0 Å². The fourth-order valence-electron chi connectivity index (χ4n) is 3.39. The number of aryl methyl sites for hydroxylation is 2. The fraction of sp³-hybridized carbons (Fsp3) is 0.269. The zero-order chi connectivity index (χ0) is 24.8. The van der Waals surface area contributed by atoms with Gasteiger partial charge in [0.25, 0.3) is 5.91 Å². The van der Waals surface area contributed by atoms with Crippen LogP contribution in [0.2, 0.25) is 0 Å². The molecule has 0 bridgehead atoms. The number of nitrogens with one attached hydrogen (secondary N) is 4. The van der Waals surface area contributed by atoms with Gasteiger partial charge < -0.3 is 25.7 Å². The number of hydrogen-bond acceptors (Lipinski definition) is 4. The number of rotatable bonds is 7. The molecule has 4 N–H and O–H groups in total. The minimum atomic E-state index is -0.732. The molecule has 3 aromatic rings. The van der Waals surface area contributed by atoms with Gasteiger partial charge in [0, 0.05) is 17.1 Å². The molecule has 8 heteroatoms. The number of carbonyl (C=O) groups excluding carboxylic acids is 3. The van der Waals surface area contributed by atoms with Crippen LogP contribution in [0.15, 0.2) is 54.6 Å². The minimum absolute atomic E-state index is 0.113. The van der Waals surface area contributed by atoms with Crippen LogP contribution in [0.1, 0.15) is 35.5 Å². The molecule has 0 aliphatic rings. The van der Waals surface area contributed by atoms with Crippen LogP contribution in [-0.2, 0) is 9.53 Å². The first-order valence-corrected chi connectivity index (χ1v) is 11.0. The van der Waals surface area contributed by atoms with Crippen molar-refractivity contribution < 1.29 is 19.1 Å². The van der Waals surface area contributed by atoms with Crippen molar-refractivity contribution in [1.29, 1.82) is 0 Å². The predicted molar refractivity (Wildman–Crippen MR) is 133 cm³/mol. The largest absolute Gasteiger partial charge is 0.467 e. The number of methoxy groups -OCH3 is 1. The summed E-state index contributed by atoms with van der Waals surface area (Å²) in [6.45, 7) is 7.68. The molecule has 2 aromatic carbocycles. The van der Waals surface area contributed by atoms with E-state index < -0.39 is 17.9 Å². The highest BCUT2D eigenvalue weighted by molar-refractivity contribution is 6.00. The van der Waals surface area contributed by atoms with Crippen LogP contribution >= 0.6 is 0 Å². The van der Waals surface area contributed by atoms with Crippen molar-refractivity contribution in [3.8, 4) is 11.3 Å². The number of amides is 3. The highest BCUT2D eigenvalue weighted by Crippen LogP contribution is 2.22. The molecule has 3 amide bonds. The molecule has 3 rings (SSSR count). The van der Waals surface area contributed by atoms with Crippen molar-refractivity contribution in [2.45, 2.75) is 33.7 Å². The lowest BCUT2D eigenvalue weighted by Gasteiger charge is -2.19. The van der Waals surface area contributed by atoms with Crippen LogP contribution in [0.3, 0.4) is 0 Å². The van der Waals surface area contributed by atoms with Crippen molar-refractivity contribution in [2.24, 2.45) is 5.92 Å². The van der Waals surface area contributed by atoms with Crippen molar-refractivity contribution in [1.82, 2.24) is 10.3 Å². The monoisotopic (exact) mass is 462 g/mol. The second kappa shape index (κ2) is 10.7. The van der Waals surface area contributed by atoms with Crippen molar-refractivity contribution in [3.05, 3.63) is 71.4 Å². The van der Waals surface area contributed by atoms with E-state index in [1.54, 1.807) is 24.3 Å². The summed E-state index contributed by atoms with van der Waals surface area (Å²) in [4.78, 5) is 39.9. The van der Waals surface area contributed by atoms with Crippen LogP contribution in [0, 0.1) is 19.8 Å². The molecule has 1 aromatic heterocycles. The zero-order valence-corrected chi connectivity index (χ0v) is 20.0. The fourth-order valence-corrected chi connectivity index (χ4v) is 3.39. The van der Waals surface area contributed by atoms with Gasteiger partial charge in [0.2, 0.25) is 0 Å². The number of aromatic amines is 1. The maximum Gasteiger partial charge on any atom is 0.328 e. The summed E-state index contributed by atoms with van der Waals surface area (Å²) >= 11 is 0. The number of anilines is 2. The topological polar surface area (TPSA) is 112 Å². The van der Waals surface area contributed by atoms with Crippen LogP contribution in [0.4, 0.5) is 16.2 Å².